The lowest BCUT2D eigenvalue weighted by Gasteiger charge is -2.09. The average molecular weight is 279 g/mol. The zero-order chi connectivity index (χ0) is 14.5. The van der Waals surface area contributed by atoms with Gasteiger partial charge in [0.2, 0.25) is 11.8 Å². The Labute approximate surface area is 123 Å². The van der Waals surface area contributed by atoms with Crippen molar-refractivity contribution in [2.24, 2.45) is 0 Å². The molecule has 0 unspecified atom stereocenters. The summed E-state index contributed by atoms with van der Waals surface area (Å²) in [6.07, 6.45) is 2.73. The first kappa shape index (κ1) is 13.4. The van der Waals surface area contributed by atoms with Gasteiger partial charge in [0.15, 0.2) is 0 Å². The summed E-state index contributed by atoms with van der Waals surface area (Å²) in [6, 6.07) is 15.9. The van der Waals surface area contributed by atoms with E-state index in [1.54, 1.807) is 12.3 Å². The Morgan fingerprint density at radius 2 is 1.90 bits per heavy atom. The highest BCUT2D eigenvalue weighted by Gasteiger charge is 2.05. The smallest absolute Gasteiger partial charge is 0.225 e. The van der Waals surface area contributed by atoms with Crippen LogP contribution in [0.15, 0.2) is 54.7 Å². The van der Waals surface area contributed by atoms with Gasteiger partial charge in [-0.3, -0.25) is 0 Å². The molecule has 0 spiro atoms. The van der Waals surface area contributed by atoms with Crippen LogP contribution in [0.1, 0.15) is 13.3 Å². The van der Waals surface area contributed by atoms with Crippen LogP contribution in [0.25, 0.3) is 10.8 Å². The Balaban J connectivity index is 1.88. The van der Waals surface area contributed by atoms with Crippen LogP contribution in [-0.2, 0) is 0 Å². The summed E-state index contributed by atoms with van der Waals surface area (Å²) in [5, 5.41) is 5.37. The average Bonchev–Trinajstić information content (AvgIpc) is 2.54. The number of ether oxygens (including phenoxy) is 1. The first-order chi connectivity index (χ1) is 10.4. The molecule has 0 radical (unpaired) electrons. The predicted molar refractivity (Wildman–Crippen MR) is 84.8 cm³/mol. The maximum absolute atomic E-state index is 5.92. The molecule has 4 heteroatoms. The Bertz CT molecular complexity index is 737. The van der Waals surface area contributed by atoms with Crippen molar-refractivity contribution in [3.63, 3.8) is 0 Å². The molecule has 3 aromatic rings. The third-order valence-corrected chi connectivity index (χ3v) is 3.13. The molecule has 21 heavy (non-hydrogen) atoms. The summed E-state index contributed by atoms with van der Waals surface area (Å²) in [5.41, 5.74) is 0. The van der Waals surface area contributed by atoms with Crippen molar-refractivity contribution in [1.29, 1.82) is 0 Å². The SMILES string of the molecule is CCCNc1nccc(Oc2cccc3ccccc23)n1. The summed E-state index contributed by atoms with van der Waals surface area (Å²) in [6.45, 7) is 2.95. The molecule has 3 rings (SSSR count). The molecule has 1 N–H and O–H groups in total. The molecule has 0 saturated heterocycles. The van der Waals surface area contributed by atoms with Gasteiger partial charge in [-0.05, 0) is 17.9 Å². The molecular weight excluding hydrogens is 262 g/mol. The molecule has 0 fully saturated rings. The zero-order valence-corrected chi connectivity index (χ0v) is 11.9. The number of aromatic nitrogens is 2. The molecule has 2 aromatic carbocycles. The van der Waals surface area contributed by atoms with Crippen molar-refractivity contribution in [3.8, 4) is 11.6 Å². The van der Waals surface area contributed by atoms with Gasteiger partial charge in [0, 0.05) is 24.2 Å². The molecule has 106 valence electrons. The standard InChI is InChI=1S/C17H17N3O/c1-2-11-18-17-19-12-10-16(20-17)21-15-9-5-7-13-6-3-4-8-14(13)15/h3-10,12H,2,11H2,1H3,(H,18,19,20). The van der Waals surface area contributed by atoms with Crippen LogP contribution in [0.3, 0.4) is 0 Å². The Morgan fingerprint density at radius 1 is 1.05 bits per heavy atom. The van der Waals surface area contributed by atoms with Crippen molar-refractivity contribution < 1.29 is 4.74 Å². The van der Waals surface area contributed by atoms with Gasteiger partial charge in [-0.15, -0.1) is 0 Å². The monoisotopic (exact) mass is 279 g/mol. The van der Waals surface area contributed by atoms with E-state index in [1.165, 1.54) is 0 Å². The van der Waals surface area contributed by atoms with Crippen LogP contribution in [0.5, 0.6) is 11.6 Å². The fourth-order valence-corrected chi connectivity index (χ4v) is 2.12. The second kappa shape index (κ2) is 6.22. The van der Waals surface area contributed by atoms with E-state index in [2.05, 4.69) is 34.3 Å². The number of fused-ring (bicyclic) bond motifs is 1. The molecule has 0 bridgehead atoms. The third kappa shape index (κ3) is 3.11. The second-order valence-corrected chi connectivity index (χ2v) is 4.72. The number of hydrogen-bond donors (Lipinski definition) is 1. The second-order valence-electron chi connectivity index (χ2n) is 4.72. The van der Waals surface area contributed by atoms with E-state index in [0.29, 0.717) is 11.8 Å². The summed E-state index contributed by atoms with van der Waals surface area (Å²) < 4.78 is 5.92. The molecule has 0 atom stereocenters. The van der Waals surface area contributed by atoms with Gasteiger partial charge in [0.25, 0.3) is 0 Å². The van der Waals surface area contributed by atoms with Gasteiger partial charge >= 0.3 is 0 Å². The van der Waals surface area contributed by atoms with E-state index in [9.17, 15) is 0 Å². The highest BCUT2D eigenvalue weighted by atomic mass is 16.5. The van der Waals surface area contributed by atoms with Crippen LogP contribution in [-0.4, -0.2) is 16.5 Å². The van der Waals surface area contributed by atoms with Crippen LogP contribution in [0.2, 0.25) is 0 Å². The van der Waals surface area contributed by atoms with Crippen LogP contribution in [0.4, 0.5) is 5.95 Å². The first-order valence-electron chi connectivity index (χ1n) is 7.09. The highest BCUT2D eigenvalue weighted by Crippen LogP contribution is 2.28. The number of hydrogen-bond acceptors (Lipinski definition) is 4. The number of rotatable bonds is 5. The number of anilines is 1. The molecule has 0 saturated carbocycles. The number of nitrogens with one attached hydrogen (secondary N) is 1. The zero-order valence-electron chi connectivity index (χ0n) is 11.9. The van der Waals surface area contributed by atoms with E-state index in [-0.39, 0.29) is 0 Å². The summed E-state index contributed by atoms with van der Waals surface area (Å²) in [4.78, 5) is 8.55. The molecular formula is C17H17N3O. The molecule has 0 aliphatic rings. The van der Waals surface area contributed by atoms with Gasteiger partial charge in [-0.25, -0.2) is 4.98 Å². The third-order valence-electron chi connectivity index (χ3n) is 3.13. The minimum atomic E-state index is 0.542. The highest BCUT2D eigenvalue weighted by molar-refractivity contribution is 5.88. The quantitative estimate of drug-likeness (QED) is 0.758. The molecule has 1 aromatic heterocycles. The fourth-order valence-electron chi connectivity index (χ4n) is 2.12. The minimum absolute atomic E-state index is 0.542. The van der Waals surface area contributed by atoms with Gasteiger partial charge in [-0.2, -0.15) is 4.98 Å². The van der Waals surface area contributed by atoms with Gasteiger partial charge in [0.1, 0.15) is 5.75 Å². The molecule has 0 aliphatic carbocycles. The van der Waals surface area contributed by atoms with Gasteiger partial charge in [-0.1, -0.05) is 43.3 Å². The fraction of sp³-hybridized carbons (Fsp3) is 0.176. The van der Waals surface area contributed by atoms with Crippen LogP contribution >= 0.6 is 0 Å². The van der Waals surface area contributed by atoms with Crippen molar-refractivity contribution in [1.82, 2.24) is 9.97 Å². The van der Waals surface area contributed by atoms with Crippen LogP contribution in [0, 0.1) is 0 Å². The number of nitrogens with zero attached hydrogens (tertiary/aromatic N) is 2. The predicted octanol–water partition coefficient (Wildman–Crippen LogP) is 4.24. The van der Waals surface area contributed by atoms with E-state index in [4.69, 9.17) is 4.74 Å². The number of benzene rings is 2. The summed E-state index contributed by atoms with van der Waals surface area (Å²) in [7, 11) is 0. The van der Waals surface area contributed by atoms with E-state index < -0.39 is 0 Å². The van der Waals surface area contributed by atoms with Crippen molar-refractivity contribution in [2.75, 3.05) is 11.9 Å². The lowest BCUT2D eigenvalue weighted by molar-refractivity contribution is 0.467. The largest absolute Gasteiger partial charge is 0.438 e. The Hall–Kier alpha value is -2.62. The minimum Gasteiger partial charge on any atom is -0.438 e. The van der Waals surface area contributed by atoms with E-state index >= 15 is 0 Å². The molecule has 0 aliphatic heterocycles. The molecule has 1 heterocycles. The first-order valence-corrected chi connectivity index (χ1v) is 7.09. The van der Waals surface area contributed by atoms with Crippen LogP contribution < -0.4 is 10.1 Å². The molecule has 0 amide bonds. The topological polar surface area (TPSA) is 47.0 Å². The van der Waals surface area contributed by atoms with Crippen molar-refractivity contribution in [3.05, 3.63) is 54.7 Å². The van der Waals surface area contributed by atoms with Gasteiger partial charge in [0.05, 0.1) is 0 Å². The van der Waals surface area contributed by atoms with E-state index in [0.717, 1.165) is 29.5 Å². The summed E-state index contributed by atoms with van der Waals surface area (Å²) in [5.74, 6) is 1.93. The van der Waals surface area contributed by atoms with E-state index in [1.807, 2.05) is 30.3 Å². The maximum Gasteiger partial charge on any atom is 0.225 e. The molecule has 4 nitrogen and oxygen atoms in total. The Kier molecular flexibility index (Phi) is 3.96. The maximum atomic E-state index is 5.92. The van der Waals surface area contributed by atoms with Crippen molar-refractivity contribution >= 4 is 16.7 Å². The lowest BCUT2D eigenvalue weighted by Crippen LogP contribution is -2.04. The van der Waals surface area contributed by atoms with Gasteiger partial charge < -0.3 is 10.1 Å². The lowest BCUT2D eigenvalue weighted by atomic mass is 10.1. The van der Waals surface area contributed by atoms with Crippen molar-refractivity contribution in [2.45, 2.75) is 13.3 Å². The Morgan fingerprint density at radius 3 is 2.81 bits per heavy atom. The summed E-state index contributed by atoms with van der Waals surface area (Å²) >= 11 is 0. The normalized spacial score (nSPS) is 10.5.